The summed E-state index contributed by atoms with van der Waals surface area (Å²) in [4.78, 5) is 13.9. The highest BCUT2D eigenvalue weighted by atomic mass is 32.1. The van der Waals surface area contributed by atoms with Crippen LogP contribution in [0.2, 0.25) is 0 Å². The third-order valence-corrected chi connectivity index (χ3v) is 7.97. The van der Waals surface area contributed by atoms with Crippen molar-refractivity contribution in [1.82, 2.24) is 9.97 Å². The normalized spacial score (nSPS) is 12.9. The fourth-order valence-corrected chi connectivity index (χ4v) is 5.63. The Labute approximate surface area is 193 Å². The van der Waals surface area contributed by atoms with Gasteiger partial charge in [0.15, 0.2) is 5.13 Å². The summed E-state index contributed by atoms with van der Waals surface area (Å²) in [5, 5.41) is 2.40. The Kier molecular flexibility index (Phi) is 6.54. The van der Waals surface area contributed by atoms with E-state index in [1.54, 1.807) is 11.3 Å². The SMILES string of the molecule is Cc1cccc(-c2sc(C3CC3)nc2C)c1.Cc1nc(N(C)C)sc1-c1ccccc1. The highest BCUT2D eigenvalue weighted by Crippen LogP contribution is 2.44. The van der Waals surface area contributed by atoms with Gasteiger partial charge in [0.05, 0.1) is 26.1 Å². The summed E-state index contributed by atoms with van der Waals surface area (Å²) in [6.07, 6.45) is 2.67. The van der Waals surface area contributed by atoms with Gasteiger partial charge in [-0.3, -0.25) is 0 Å². The molecule has 5 heteroatoms. The van der Waals surface area contributed by atoms with Crippen LogP contribution in [-0.2, 0) is 0 Å². The monoisotopic (exact) mass is 447 g/mol. The molecule has 0 radical (unpaired) electrons. The van der Waals surface area contributed by atoms with Crippen LogP contribution in [0, 0.1) is 20.8 Å². The molecule has 2 heterocycles. The minimum absolute atomic E-state index is 0.766. The summed E-state index contributed by atoms with van der Waals surface area (Å²) in [5.41, 5.74) is 6.19. The average Bonchev–Trinajstić information content (AvgIpc) is 3.42. The number of anilines is 1. The first-order valence-corrected chi connectivity index (χ1v) is 12.3. The van der Waals surface area contributed by atoms with Gasteiger partial charge in [-0.25, -0.2) is 9.97 Å². The summed E-state index contributed by atoms with van der Waals surface area (Å²) in [6, 6.07) is 19.1. The number of hydrogen-bond acceptors (Lipinski definition) is 5. The molecule has 0 bridgehead atoms. The van der Waals surface area contributed by atoms with Gasteiger partial charge in [-0.05, 0) is 44.7 Å². The Hall–Kier alpha value is -2.50. The van der Waals surface area contributed by atoms with Crippen molar-refractivity contribution in [2.24, 2.45) is 0 Å². The summed E-state index contributed by atoms with van der Waals surface area (Å²) in [6.45, 7) is 6.33. The number of aromatic nitrogens is 2. The standard InChI is InChI=1S/C14H15NS.C12H14N2S/c1-9-4-3-5-12(8-9)13-10(2)15-14(16-13)11-6-7-11;1-9-11(10-7-5-4-6-8-10)15-12(13-9)14(2)3/h3-5,8,11H,6-7H2,1-2H3;4-8H,1-3H3. The Balaban J connectivity index is 0.000000150. The van der Waals surface area contributed by atoms with E-state index in [2.05, 4.69) is 74.3 Å². The number of aryl methyl sites for hydroxylation is 3. The van der Waals surface area contributed by atoms with E-state index in [-0.39, 0.29) is 0 Å². The molecule has 1 aliphatic carbocycles. The molecular formula is C26H29N3S2. The van der Waals surface area contributed by atoms with Crippen LogP contribution >= 0.6 is 22.7 Å². The molecule has 3 nitrogen and oxygen atoms in total. The van der Waals surface area contributed by atoms with E-state index in [0.29, 0.717) is 0 Å². The first-order valence-electron chi connectivity index (χ1n) is 10.7. The molecule has 0 N–H and O–H groups in total. The number of benzene rings is 2. The van der Waals surface area contributed by atoms with Crippen LogP contribution in [0.15, 0.2) is 54.6 Å². The molecule has 31 heavy (non-hydrogen) atoms. The topological polar surface area (TPSA) is 29.0 Å². The van der Waals surface area contributed by atoms with Crippen molar-refractivity contribution in [3.8, 4) is 20.9 Å². The highest BCUT2D eigenvalue weighted by Gasteiger charge is 2.27. The van der Waals surface area contributed by atoms with Crippen molar-refractivity contribution < 1.29 is 0 Å². The average molecular weight is 448 g/mol. The lowest BCUT2D eigenvalue weighted by atomic mass is 10.1. The second-order valence-electron chi connectivity index (χ2n) is 8.28. The lowest BCUT2D eigenvalue weighted by molar-refractivity contribution is 1.06. The van der Waals surface area contributed by atoms with Crippen LogP contribution in [0.1, 0.15) is 40.7 Å². The smallest absolute Gasteiger partial charge is 0.185 e. The van der Waals surface area contributed by atoms with Gasteiger partial charge in [0, 0.05) is 20.0 Å². The molecule has 0 atom stereocenters. The lowest BCUT2D eigenvalue weighted by Crippen LogP contribution is -2.07. The Morgan fingerprint density at radius 1 is 0.774 bits per heavy atom. The zero-order chi connectivity index (χ0) is 22.0. The Morgan fingerprint density at radius 2 is 1.42 bits per heavy atom. The van der Waals surface area contributed by atoms with E-state index in [0.717, 1.165) is 16.7 Å². The number of thiazole rings is 2. The second kappa shape index (κ2) is 9.33. The van der Waals surface area contributed by atoms with Gasteiger partial charge in [-0.2, -0.15) is 0 Å². The summed E-state index contributed by atoms with van der Waals surface area (Å²) >= 11 is 3.62. The summed E-state index contributed by atoms with van der Waals surface area (Å²) < 4.78 is 0. The van der Waals surface area contributed by atoms with Gasteiger partial charge in [-0.1, -0.05) is 71.5 Å². The molecule has 0 spiro atoms. The fraction of sp³-hybridized carbons (Fsp3) is 0.308. The first-order chi connectivity index (χ1) is 14.9. The largest absolute Gasteiger partial charge is 0.354 e. The van der Waals surface area contributed by atoms with Gasteiger partial charge in [-0.15, -0.1) is 11.3 Å². The van der Waals surface area contributed by atoms with E-state index in [1.165, 1.54) is 50.0 Å². The van der Waals surface area contributed by atoms with Crippen LogP contribution in [0.5, 0.6) is 0 Å². The van der Waals surface area contributed by atoms with Gasteiger partial charge < -0.3 is 4.90 Å². The van der Waals surface area contributed by atoms with Crippen molar-refractivity contribution in [3.05, 3.63) is 76.6 Å². The van der Waals surface area contributed by atoms with Crippen LogP contribution < -0.4 is 4.90 Å². The van der Waals surface area contributed by atoms with Crippen molar-refractivity contribution in [3.63, 3.8) is 0 Å². The molecule has 0 aliphatic heterocycles. The van der Waals surface area contributed by atoms with Gasteiger partial charge >= 0.3 is 0 Å². The summed E-state index contributed by atoms with van der Waals surface area (Å²) in [7, 11) is 4.04. The predicted molar refractivity (Wildman–Crippen MR) is 136 cm³/mol. The molecule has 0 amide bonds. The number of rotatable bonds is 4. The van der Waals surface area contributed by atoms with Crippen LogP contribution in [0.4, 0.5) is 5.13 Å². The Bertz CT molecular complexity index is 1150. The van der Waals surface area contributed by atoms with E-state index in [1.807, 2.05) is 36.4 Å². The maximum absolute atomic E-state index is 4.70. The number of nitrogens with zero attached hydrogens (tertiary/aromatic N) is 3. The van der Waals surface area contributed by atoms with Crippen LogP contribution in [-0.4, -0.2) is 24.1 Å². The van der Waals surface area contributed by atoms with Gasteiger partial charge in [0.2, 0.25) is 0 Å². The lowest BCUT2D eigenvalue weighted by Gasteiger charge is -2.05. The first kappa shape index (κ1) is 21.7. The van der Waals surface area contributed by atoms with Crippen molar-refractivity contribution >= 4 is 27.8 Å². The predicted octanol–water partition coefficient (Wildman–Crippen LogP) is 7.49. The quantitative estimate of drug-likeness (QED) is 0.324. The second-order valence-corrected chi connectivity index (χ2v) is 10.3. The molecule has 2 aromatic heterocycles. The van der Waals surface area contributed by atoms with Gasteiger partial charge in [0.1, 0.15) is 0 Å². The molecular weight excluding hydrogens is 418 g/mol. The van der Waals surface area contributed by atoms with Crippen LogP contribution in [0.25, 0.3) is 20.9 Å². The van der Waals surface area contributed by atoms with Crippen LogP contribution in [0.3, 0.4) is 0 Å². The molecule has 1 saturated carbocycles. The van der Waals surface area contributed by atoms with E-state index < -0.39 is 0 Å². The maximum atomic E-state index is 4.70. The minimum Gasteiger partial charge on any atom is -0.354 e. The molecule has 1 fully saturated rings. The molecule has 4 aromatic rings. The molecule has 2 aromatic carbocycles. The molecule has 0 unspecified atom stereocenters. The Morgan fingerprint density at radius 3 is 2.03 bits per heavy atom. The summed E-state index contributed by atoms with van der Waals surface area (Å²) in [5.74, 6) is 0.766. The highest BCUT2D eigenvalue weighted by molar-refractivity contribution is 7.19. The van der Waals surface area contributed by atoms with E-state index >= 15 is 0 Å². The molecule has 5 rings (SSSR count). The van der Waals surface area contributed by atoms with Crippen molar-refractivity contribution in [2.45, 2.75) is 39.5 Å². The van der Waals surface area contributed by atoms with E-state index in [9.17, 15) is 0 Å². The number of hydrogen-bond donors (Lipinski definition) is 0. The van der Waals surface area contributed by atoms with E-state index in [4.69, 9.17) is 4.98 Å². The third-order valence-electron chi connectivity index (χ3n) is 5.22. The van der Waals surface area contributed by atoms with Crippen molar-refractivity contribution in [2.75, 3.05) is 19.0 Å². The molecule has 160 valence electrons. The van der Waals surface area contributed by atoms with Gasteiger partial charge in [0.25, 0.3) is 0 Å². The zero-order valence-electron chi connectivity index (χ0n) is 18.8. The minimum atomic E-state index is 0.766. The molecule has 1 aliphatic rings. The third kappa shape index (κ3) is 5.23. The fourth-order valence-electron chi connectivity index (χ4n) is 3.41. The molecule has 0 saturated heterocycles. The maximum Gasteiger partial charge on any atom is 0.185 e. The zero-order valence-corrected chi connectivity index (χ0v) is 20.5. The van der Waals surface area contributed by atoms with Crippen molar-refractivity contribution in [1.29, 1.82) is 0 Å².